The van der Waals surface area contributed by atoms with E-state index in [0.717, 1.165) is 10.6 Å². The molecule has 17 heavy (non-hydrogen) atoms. The average Bonchev–Trinajstić information content (AvgIpc) is 2.24. The second kappa shape index (κ2) is 5.44. The van der Waals surface area contributed by atoms with Crippen LogP contribution in [0.3, 0.4) is 0 Å². The van der Waals surface area contributed by atoms with Crippen molar-refractivity contribution in [2.75, 3.05) is 0 Å². The molecule has 0 aromatic carbocycles. The number of carboxylic acids is 1. The highest BCUT2D eigenvalue weighted by Gasteiger charge is 2.27. The van der Waals surface area contributed by atoms with Gasteiger partial charge in [-0.3, -0.25) is 9.36 Å². The van der Waals surface area contributed by atoms with Crippen molar-refractivity contribution in [1.82, 2.24) is 4.57 Å². The number of pyridine rings is 1. The minimum Gasteiger partial charge on any atom is -0.480 e. The summed E-state index contributed by atoms with van der Waals surface area (Å²) in [7, 11) is 0. The number of carbonyl (C=O) groups is 1. The van der Waals surface area contributed by atoms with Crippen molar-refractivity contribution < 1.29 is 14.3 Å². The molecule has 1 N–H and O–H groups in total. The molecule has 0 saturated carbocycles. The molecule has 0 aliphatic rings. The molecule has 0 bridgehead atoms. The van der Waals surface area contributed by atoms with Gasteiger partial charge in [0.25, 0.3) is 5.56 Å². The number of rotatable bonds is 4. The van der Waals surface area contributed by atoms with Gasteiger partial charge in [-0.2, -0.15) is 0 Å². The maximum Gasteiger partial charge on any atom is 0.327 e. The Kier molecular flexibility index (Phi) is 4.45. The van der Waals surface area contributed by atoms with Crippen LogP contribution in [0.5, 0.6) is 0 Å². The van der Waals surface area contributed by atoms with Crippen LogP contribution in [0.25, 0.3) is 0 Å². The van der Waals surface area contributed by atoms with Gasteiger partial charge in [0.15, 0.2) is 5.82 Å². The standard InChI is InChI=1S/C11H13BrFNO3/c1-3-6(2)9(11(16)17)14-5-7(12)4-8(13)10(14)15/h4-6,9H,3H2,1-2H3,(H,16,17)/t6-,9?/m1/s1. The summed E-state index contributed by atoms with van der Waals surface area (Å²) in [4.78, 5) is 22.8. The van der Waals surface area contributed by atoms with E-state index in [1.807, 2.05) is 6.92 Å². The third kappa shape index (κ3) is 2.94. The highest BCUT2D eigenvalue weighted by atomic mass is 79.9. The Morgan fingerprint density at radius 2 is 2.24 bits per heavy atom. The number of hydrogen-bond donors (Lipinski definition) is 1. The lowest BCUT2D eigenvalue weighted by Gasteiger charge is -2.21. The fourth-order valence-corrected chi connectivity index (χ4v) is 2.02. The Balaban J connectivity index is 3.38. The molecule has 1 unspecified atom stereocenters. The molecule has 0 aliphatic carbocycles. The normalized spacial score (nSPS) is 14.4. The molecule has 6 heteroatoms. The van der Waals surface area contributed by atoms with E-state index >= 15 is 0 Å². The maximum atomic E-state index is 13.3. The molecule has 0 saturated heterocycles. The number of halogens is 2. The number of carboxylic acid groups (broad SMARTS) is 1. The van der Waals surface area contributed by atoms with Gasteiger partial charge >= 0.3 is 5.97 Å². The third-order valence-electron chi connectivity index (χ3n) is 2.70. The molecule has 1 aromatic heterocycles. The Labute approximate surface area is 106 Å². The predicted molar refractivity (Wildman–Crippen MR) is 64.5 cm³/mol. The molecule has 0 spiro atoms. The van der Waals surface area contributed by atoms with E-state index in [9.17, 15) is 14.0 Å². The largest absolute Gasteiger partial charge is 0.480 e. The zero-order valence-corrected chi connectivity index (χ0v) is 11.1. The van der Waals surface area contributed by atoms with Crippen LogP contribution in [-0.2, 0) is 4.79 Å². The van der Waals surface area contributed by atoms with Crippen LogP contribution in [0.4, 0.5) is 4.39 Å². The first-order valence-corrected chi connectivity index (χ1v) is 5.97. The molecular formula is C11H13BrFNO3. The summed E-state index contributed by atoms with van der Waals surface area (Å²) in [6.07, 6.45) is 1.88. The van der Waals surface area contributed by atoms with Gasteiger partial charge in [-0.15, -0.1) is 0 Å². The van der Waals surface area contributed by atoms with Gasteiger partial charge in [0.2, 0.25) is 0 Å². The van der Waals surface area contributed by atoms with Gasteiger partial charge in [0.1, 0.15) is 6.04 Å². The summed E-state index contributed by atoms with van der Waals surface area (Å²) < 4.78 is 14.5. The van der Waals surface area contributed by atoms with Crippen LogP contribution in [0.2, 0.25) is 0 Å². The monoisotopic (exact) mass is 305 g/mol. The molecule has 0 radical (unpaired) electrons. The zero-order valence-electron chi connectivity index (χ0n) is 9.48. The molecular weight excluding hydrogens is 293 g/mol. The lowest BCUT2D eigenvalue weighted by molar-refractivity contribution is -0.142. The minimum absolute atomic E-state index is 0.265. The average molecular weight is 306 g/mol. The van der Waals surface area contributed by atoms with Gasteiger partial charge in [0.05, 0.1) is 0 Å². The van der Waals surface area contributed by atoms with Crippen molar-refractivity contribution in [3.8, 4) is 0 Å². The smallest absolute Gasteiger partial charge is 0.327 e. The van der Waals surface area contributed by atoms with Gasteiger partial charge in [-0.25, -0.2) is 9.18 Å². The van der Waals surface area contributed by atoms with Gasteiger partial charge in [-0.1, -0.05) is 20.3 Å². The van der Waals surface area contributed by atoms with Crippen LogP contribution in [0, 0.1) is 11.7 Å². The van der Waals surface area contributed by atoms with E-state index in [2.05, 4.69) is 15.9 Å². The third-order valence-corrected chi connectivity index (χ3v) is 3.14. The molecule has 0 fully saturated rings. The van der Waals surface area contributed by atoms with Crippen LogP contribution < -0.4 is 5.56 Å². The maximum absolute atomic E-state index is 13.3. The summed E-state index contributed by atoms with van der Waals surface area (Å²) in [5, 5.41) is 9.14. The molecule has 0 aliphatic heterocycles. The highest BCUT2D eigenvalue weighted by molar-refractivity contribution is 9.10. The number of aliphatic carboxylic acids is 1. The predicted octanol–water partition coefficient (Wildman–Crippen LogP) is 2.42. The van der Waals surface area contributed by atoms with Crippen molar-refractivity contribution >= 4 is 21.9 Å². The second-order valence-electron chi connectivity index (χ2n) is 3.89. The van der Waals surface area contributed by atoms with Crippen molar-refractivity contribution in [2.45, 2.75) is 26.3 Å². The van der Waals surface area contributed by atoms with E-state index in [-0.39, 0.29) is 5.92 Å². The number of hydrogen-bond acceptors (Lipinski definition) is 2. The summed E-state index contributed by atoms with van der Waals surface area (Å²) >= 11 is 3.04. The number of aromatic nitrogens is 1. The van der Waals surface area contributed by atoms with Crippen molar-refractivity contribution in [3.63, 3.8) is 0 Å². The van der Waals surface area contributed by atoms with Gasteiger partial charge in [0, 0.05) is 10.7 Å². The minimum atomic E-state index is -1.14. The van der Waals surface area contributed by atoms with E-state index < -0.39 is 23.4 Å². The van der Waals surface area contributed by atoms with E-state index in [4.69, 9.17) is 5.11 Å². The molecule has 2 atom stereocenters. The lowest BCUT2D eigenvalue weighted by Crippen LogP contribution is -2.34. The fraction of sp³-hybridized carbons (Fsp3) is 0.455. The Hall–Kier alpha value is -1.17. The molecule has 0 amide bonds. The summed E-state index contributed by atoms with van der Waals surface area (Å²) in [6, 6.07) is -0.0338. The van der Waals surface area contributed by atoms with Crippen molar-refractivity contribution in [2.24, 2.45) is 5.92 Å². The van der Waals surface area contributed by atoms with Crippen LogP contribution in [0.15, 0.2) is 21.5 Å². The molecule has 1 heterocycles. The van der Waals surface area contributed by atoms with Crippen LogP contribution >= 0.6 is 15.9 Å². The van der Waals surface area contributed by atoms with Crippen LogP contribution in [0.1, 0.15) is 26.3 Å². The Morgan fingerprint density at radius 3 is 2.71 bits per heavy atom. The highest BCUT2D eigenvalue weighted by Crippen LogP contribution is 2.21. The second-order valence-corrected chi connectivity index (χ2v) is 4.80. The molecule has 94 valence electrons. The Bertz CT molecular complexity index is 486. The summed E-state index contributed by atoms with van der Waals surface area (Å²) in [5.74, 6) is -2.37. The van der Waals surface area contributed by atoms with Crippen LogP contribution in [-0.4, -0.2) is 15.6 Å². The SMILES string of the molecule is CC[C@@H](C)C(C(=O)O)n1cc(Br)cc(F)c1=O. The van der Waals surface area contributed by atoms with E-state index in [1.54, 1.807) is 6.92 Å². The number of nitrogens with zero attached hydrogens (tertiary/aromatic N) is 1. The molecule has 1 aromatic rings. The topological polar surface area (TPSA) is 59.3 Å². The van der Waals surface area contributed by atoms with E-state index in [1.165, 1.54) is 6.20 Å². The summed E-state index contributed by atoms with van der Waals surface area (Å²) in [6.45, 7) is 3.53. The van der Waals surface area contributed by atoms with Crippen molar-refractivity contribution in [1.29, 1.82) is 0 Å². The first-order chi connectivity index (χ1) is 7.88. The first kappa shape index (κ1) is 13.9. The molecule has 4 nitrogen and oxygen atoms in total. The fourth-order valence-electron chi connectivity index (χ4n) is 1.60. The van der Waals surface area contributed by atoms with Gasteiger partial charge < -0.3 is 5.11 Å². The quantitative estimate of drug-likeness (QED) is 0.929. The van der Waals surface area contributed by atoms with Gasteiger partial charge in [-0.05, 0) is 27.9 Å². The van der Waals surface area contributed by atoms with Crippen molar-refractivity contribution in [3.05, 3.63) is 32.9 Å². The zero-order chi connectivity index (χ0) is 13.2. The lowest BCUT2D eigenvalue weighted by atomic mass is 9.99. The first-order valence-electron chi connectivity index (χ1n) is 5.18. The van der Waals surface area contributed by atoms with E-state index in [0.29, 0.717) is 10.9 Å². The summed E-state index contributed by atoms with van der Waals surface area (Å²) in [5.41, 5.74) is -0.916. The Morgan fingerprint density at radius 1 is 1.65 bits per heavy atom. The molecule has 1 rings (SSSR count).